The molecule has 1 rings (SSSR count). The van der Waals surface area contributed by atoms with Gasteiger partial charge in [-0.05, 0) is 12.1 Å². The Labute approximate surface area is 96.4 Å². The van der Waals surface area contributed by atoms with Crippen LogP contribution in [0.25, 0.3) is 0 Å². The van der Waals surface area contributed by atoms with Crippen LogP contribution in [0.2, 0.25) is 0 Å². The average molecular weight is 239 g/mol. The number of rotatable bonds is 5. The Morgan fingerprint density at radius 3 is 2.94 bits per heavy atom. The Morgan fingerprint density at radius 1 is 1.53 bits per heavy atom. The van der Waals surface area contributed by atoms with Crippen LogP contribution in [-0.2, 0) is 4.84 Å². The number of benzene rings is 1. The molecule has 6 nitrogen and oxygen atoms in total. The van der Waals surface area contributed by atoms with Gasteiger partial charge < -0.3 is 9.94 Å². The summed E-state index contributed by atoms with van der Waals surface area (Å²) in [6.07, 6.45) is 2.48. The minimum atomic E-state index is -1.37. The van der Waals surface area contributed by atoms with E-state index >= 15 is 0 Å². The first-order chi connectivity index (χ1) is 8.16. The molecule has 0 bridgehead atoms. The molecule has 0 heterocycles. The molecule has 0 aliphatic heterocycles. The third-order valence-electron chi connectivity index (χ3n) is 1.72. The molecule has 0 radical (unpaired) electrons. The number of nitrogens with one attached hydrogen (secondary N) is 1. The molecular weight excluding hydrogens is 229 g/mol. The van der Waals surface area contributed by atoms with Gasteiger partial charge in [-0.25, -0.2) is 9.18 Å². The van der Waals surface area contributed by atoms with Crippen molar-refractivity contribution in [3.63, 3.8) is 0 Å². The van der Waals surface area contributed by atoms with Gasteiger partial charge in [-0.3, -0.25) is 5.43 Å². The Morgan fingerprint density at radius 2 is 2.29 bits per heavy atom. The molecule has 90 valence electrons. The summed E-state index contributed by atoms with van der Waals surface area (Å²) < 4.78 is 13.2. The first-order valence-corrected chi connectivity index (χ1v) is 4.52. The molecule has 1 aromatic rings. The van der Waals surface area contributed by atoms with Gasteiger partial charge >= 0.3 is 5.97 Å². The molecule has 2 N–H and O–H groups in total. The summed E-state index contributed by atoms with van der Waals surface area (Å²) in [5.74, 6) is -2.20. The zero-order chi connectivity index (χ0) is 12.7. The number of nitrogens with zero attached hydrogens (tertiary/aromatic N) is 2. The smallest absolute Gasteiger partial charge is 0.340 e. The lowest BCUT2D eigenvalue weighted by Crippen LogP contribution is -2.05. The van der Waals surface area contributed by atoms with Crippen LogP contribution < -0.4 is 5.43 Å². The van der Waals surface area contributed by atoms with Crippen molar-refractivity contribution in [3.8, 4) is 0 Å². The van der Waals surface area contributed by atoms with Crippen LogP contribution in [0.3, 0.4) is 0 Å². The number of aromatic carboxylic acids is 1. The first kappa shape index (κ1) is 12.6. The lowest BCUT2D eigenvalue weighted by atomic mass is 10.2. The summed E-state index contributed by atoms with van der Waals surface area (Å²) in [6.45, 7) is 0. The van der Waals surface area contributed by atoms with E-state index in [1.807, 2.05) is 0 Å². The molecule has 0 saturated heterocycles. The van der Waals surface area contributed by atoms with Gasteiger partial charge in [0.05, 0.1) is 18.1 Å². The third-order valence-corrected chi connectivity index (χ3v) is 1.72. The van der Waals surface area contributed by atoms with Gasteiger partial charge in [0, 0.05) is 0 Å². The Bertz CT molecular complexity index is 460. The largest absolute Gasteiger partial charge is 0.478 e. The number of carboxylic acids is 1. The van der Waals surface area contributed by atoms with Gasteiger partial charge in [-0.15, -0.1) is 0 Å². The Hall–Kier alpha value is -2.44. The van der Waals surface area contributed by atoms with Gasteiger partial charge in [-0.1, -0.05) is 11.2 Å². The second-order valence-electron chi connectivity index (χ2n) is 2.79. The molecule has 0 amide bonds. The fourth-order valence-corrected chi connectivity index (χ4v) is 1.06. The number of hydrazone groups is 1. The summed E-state index contributed by atoms with van der Waals surface area (Å²) in [7, 11) is 1.37. The molecule has 17 heavy (non-hydrogen) atoms. The van der Waals surface area contributed by atoms with Gasteiger partial charge in [0.1, 0.15) is 18.5 Å². The number of carboxylic acid groups (broad SMARTS) is 1. The minimum absolute atomic E-state index is 0.0552. The first-order valence-electron chi connectivity index (χ1n) is 4.52. The molecule has 0 aliphatic carbocycles. The molecule has 0 unspecified atom stereocenters. The number of hydrogen-bond acceptors (Lipinski definition) is 5. The molecular formula is C10H10FN3O3. The fourth-order valence-electron chi connectivity index (χ4n) is 1.06. The van der Waals surface area contributed by atoms with Crippen molar-refractivity contribution in [3.05, 3.63) is 29.6 Å². The van der Waals surface area contributed by atoms with Crippen LogP contribution in [0.5, 0.6) is 0 Å². The number of halogens is 1. The zero-order valence-corrected chi connectivity index (χ0v) is 8.92. The van der Waals surface area contributed by atoms with Gasteiger partial charge in [0.25, 0.3) is 0 Å². The molecule has 0 fully saturated rings. The highest BCUT2D eigenvalue weighted by atomic mass is 19.1. The van der Waals surface area contributed by atoms with E-state index in [1.165, 1.54) is 31.7 Å². The SMILES string of the molecule is CO/N=C/C=N/Nc1cccc(F)c1C(=O)O. The second kappa shape index (κ2) is 6.21. The highest BCUT2D eigenvalue weighted by molar-refractivity contribution is 6.16. The second-order valence-corrected chi connectivity index (χ2v) is 2.79. The van der Waals surface area contributed by atoms with E-state index < -0.39 is 17.3 Å². The topological polar surface area (TPSA) is 83.3 Å². The van der Waals surface area contributed by atoms with Gasteiger partial charge in [0.15, 0.2) is 0 Å². The predicted molar refractivity (Wildman–Crippen MR) is 61.0 cm³/mol. The van der Waals surface area contributed by atoms with E-state index in [9.17, 15) is 9.18 Å². The van der Waals surface area contributed by atoms with Gasteiger partial charge in [-0.2, -0.15) is 5.10 Å². The van der Waals surface area contributed by atoms with Crippen molar-refractivity contribution in [1.82, 2.24) is 0 Å². The van der Waals surface area contributed by atoms with Crippen molar-refractivity contribution in [1.29, 1.82) is 0 Å². The molecule has 0 atom stereocenters. The van der Waals surface area contributed by atoms with E-state index in [4.69, 9.17) is 5.11 Å². The maximum absolute atomic E-state index is 13.2. The maximum atomic E-state index is 13.2. The number of hydrogen-bond donors (Lipinski definition) is 2. The zero-order valence-electron chi connectivity index (χ0n) is 8.92. The van der Waals surface area contributed by atoms with E-state index in [0.29, 0.717) is 0 Å². The Balaban J connectivity index is 2.84. The summed E-state index contributed by atoms with van der Waals surface area (Å²) in [5.41, 5.74) is 1.99. The van der Waals surface area contributed by atoms with Crippen molar-refractivity contribution in [2.24, 2.45) is 10.3 Å². The van der Waals surface area contributed by atoms with Crippen molar-refractivity contribution < 1.29 is 19.1 Å². The van der Waals surface area contributed by atoms with E-state index in [2.05, 4.69) is 20.5 Å². The standard InChI is InChI=1S/C10H10FN3O3/c1-17-13-6-5-12-14-8-4-2-3-7(11)9(8)10(15)16/h2-6,14H,1H3,(H,15,16)/b12-5+,13-6+. The van der Waals surface area contributed by atoms with Crippen LogP contribution in [0, 0.1) is 5.82 Å². The monoisotopic (exact) mass is 239 g/mol. The van der Waals surface area contributed by atoms with Crippen molar-refractivity contribution >= 4 is 24.1 Å². The quantitative estimate of drug-likeness (QED) is 0.603. The van der Waals surface area contributed by atoms with Crippen LogP contribution in [0.1, 0.15) is 10.4 Å². The highest BCUT2D eigenvalue weighted by Gasteiger charge is 2.14. The Kier molecular flexibility index (Phi) is 4.61. The van der Waals surface area contributed by atoms with Crippen LogP contribution in [0.4, 0.5) is 10.1 Å². The summed E-state index contributed by atoms with van der Waals surface area (Å²) in [5, 5.41) is 15.8. The highest BCUT2D eigenvalue weighted by Crippen LogP contribution is 2.18. The normalized spacial score (nSPS) is 10.9. The summed E-state index contributed by atoms with van der Waals surface area (Å²) in [4.78, 5) is 15.2. The maximum Gasteiger partial charge on any atom is 0.340 e. The minimum Gasteiger partial charge on any atom is -0.478 e. The molecule has 0 aromatic heterocycles. The molecule has 0 aliphatic rings. The fraction of sp³-hybridized carbons (Fsp3) is 0.100. The van der Waals surface area contributed by atoms with E-state index in [-0.39, 0.29) is 5.69 Å². The molecule has 1 aromatic carbocycles. The predicted octanol–water partition coefficient (Wildman–Crippen LogP) is 1.55. The van der Waals surface area contributed by atoms with Gasteiger partial charge in [0.2, 0.25) is 0 Å². The van der Waals surface area contributed by atoms with Crippen molar-refractivity contribution in [2.75, 3.05) is 12.5 Å². The number of carbonyl (C=O) groups is 1. The molecule has 0 saturated carbocycles. The lowest BCUT2D eigenvalue weighted by Gasteiger charge is -2.04. The van der Waals surface area contributed by atoms with Crippen LogP contribution >= 0.6 is 0 Å². The summed E-state index contributed by atoms with van der Waals surface area (Å²) in [6, 6.07) is 3.84. The molecule has 7 heteroatoms. The summed E-state index contributed by atoms with van der Waals surface area (Å²) >= 11 is 0. The lowest BCUT2D eigenvalue weighted by molar-refractivity contribution is 0.0693. The van der Waals surface area contributed by atoms with E-state index in [1.54, 1.807) is 0 Å². The third kappa shape index (κ3) is 3.56. The number of anilines is 1. The molecule has 0 spiro atoms. The van der Waals surface area contributed by atoms with E-state index in [0.717, 1.165) is 6.07 Å². The van der Waals surface area contributed by atoms with Crippen LogP contribution in [0.15, 0.2) is 28.5 Å². The number of oxime groups is 1. The van der Waals surface area contributed by atoms with Crippen LogP contribution in [-0.4, -0.2) is 30.6 Å². The van der Waals surface area contributed by atoms with Crippen molar-refractivity contribution in [2.45, 2.75) is 0 Å². The average Bonchev–Trinajstić information content (AvgIpc) is 2.28.